The van der Waals surface area contributed by atoms with Gasteiger partial charge in [0.1, 0.15) is 0 Å². The molecule has 0 aliphatic carbocycles. The van der Waals surface area contributed by atoms with Gasteiger partial charge < -0.3 is 4.52 Å². The Morgan fingerprint density at radius 2 is 2.00 bits per heavy atom. The molecular weight excluding hydrogens is 278 g/mol. The van der Waals surface area contributed by atoms with Crippen LogP contribution in [0.5, 0.6) is 0 Å². The summed E-state index contributed by atoms with van der Waals surface area (Å²) in [5, 5.41) is 3.79. The summed E-state index contributed by atoms with van der Waals surface area (Å²) >= 11 is 0. The van der Waals surface area contributed by atoms with Gasteiger partial charge in [0.05, 0.1) is 9.73 Å². The number of aromatic nitrogens is 2. The lowest BCUT2D eigenvalue weighted by molar-refractivity contribution is 0.100. The molecular formula is C13H15N3O3S. The summed E-state index contributed by atoms with van der Waals surface area (Å²) in [5.74, 6) is 0.809. The zero-order chi connectivity index (χ0) is 14.8. The Kier molecular flexibility index (Phi) is 3.99. The number of rotatable bonds is 3. The van der Waals surface area contributed by atoms with Crippen LogP contribution < -0.4 is 0 Å². The summed E-state index contributed by atoms with van der Waals surface area (Å²) in [5.41, 5.74) is 1.13. The highest BCUT2D eigenvalue weighted by Gasteiger charge is 2.10. The average Bonchev–Trinajstić information content (AvgIpc) is 2.85. The Morgan fingerprint density at radius 3 is 2.50 bits per heavy atom. The molecule has 0 bridgehead atoms. The van der Waals surface area contributed by atoms with Crippen LogP contribution in [0.3, 0.4) is 0 Å². The van der Waals surface area contributed by atoms with Gasteiger partial charge in [-0.25, -0.2) is 4.21 Å². The molecule has 1 aromatic heterocycles. The largest absolute Gasteiger partial charge is 0.339 e. The third-order valence-electron chi connectivity index (χ3n) is 2.73. The summed E-state index contributed by atoms with van der Waals surface area (Å²) < 4.78 is 20.4. The van der Waals surface area contributed by atoms with Gasteiger partial charge >= 0.3 is 0 Å². The first-order chi connectivity index (χ1) is 9.41. The van der Waals surface area contributed by atoms with Crippen LogP contribution in [-0.4, -0.2) is 32.3 Å². The van der Waals surface area contributed by atoms with Crippen LogP contribution in [0.2, 0.25) is 0 Å². The number of carbonyl (C=O) groups is 1. The van der Waals surface area contributed by atoms with E-state index in [4.69, 9.17) is 4.52 Å². The molecule has 106 valence electrons. The highest BCUT2D eigenvalue weighted by Crippen LogP contribution is 2.17. The quantitative estimate of drug-likeness (QED) is 0.866. The Morgan fingerprint density at radius 1 is 1.35 bits per heavy atom. The fourth-order valence-electron chi connectivity index (χ4n) is 1.47. The highest BCUT2D eigenvalue weighted by atomic mass is 32.2. The molecule has 1 heterocycles. The normalized spacial score (nSPS) is 13.8. The summed E-state index contributed by atoms with van der Waals surface area (Å²) in [6, 6.07) is 6.63. The van der Waals surface area contributed by atoms with Crippen molar-refractivity contribution in [2.75, 3.05) is 12.0 Å². The number of carbonyl (C=O) groups excluding carboxylic acids is 1. The SMILES string of the molecule is CCS(C)(=O)=NC(=O)c1ccc(-c2noc(C)n2)cc1. The van der Waals surface area contributed by atoms with E-state index in [1.807, 2.05) is 0 Å². The minimum atomic E-state index is -2.44. The predicted octanol–water partition coefficient (Wildman–Crippen LogP) is 2.30. The number of amides is 1. The number of benzene rings is 1. The Balaban J connectivity index is 2.27. The molecule has 20 heavy (non-hydrogen) atoms. The molecule has 1 amide bonds. The van der Waals surface area contributed by atoms with Crippen LogP contribution >= 0.6 is 0 Å². The van der Waals surface area contributed by atoms with Gasteiger partial charge in [-0.1, -0.05) is 24.2 Å². The molecule has 6 nitrogen and oxygen atoms in total. The van der Waals surface area contributed by atoms with E-state index in [1.165, 1.54) is 6.26 Å². The Hall–Kier alpha value is -2.02. The third kappa shape index (κ3) is 3.30. The molecule has 2 aromatic rings. The highest BCUT2D eigenvalue weighted by molar-refractivity contribution is 7.93. The molecule has 0 saturated carbocycles. The smallest absolute Gasteiger partial charge is 0.285 e. The Labute approximate surface area is 117 Å². The van der Waals surface area contributed by atoms with Crippen LogP contribution in [0, 0.1) is 6.92 Å². The minimum absolute atomic E-state index is 0.346. The van der Waals surface area contributed by atoms with Crippen molar-refractivity contribution in [1.82, 2.24) is 10.1 Å². The maximum atomic E-state index is 11.9. The van der Waals surface area contributed by atoms with Crippen molar-refractivity contribution in [3.8, 4) is 11.4 Å². The number of nitrogens with zero attached hydrogens (tertiary/aromatic N) is 3. The van der Waals surface area contributed by atoms with Crippen LogP contribution in [0.15, 0.2) is 33.2 Å². The maximum absolute atomic E-state index is 11.9. The lowest BCUT2D eigenvalue weighted by atomic mass is 10.1. The van der Waals surface area contributed by atoms with Gasteiger partial charge in [-0.05, 0) is 12.1 Å². The molecule has 0 spiro atoms. The standard InChI is InChI=1S/C13H15N3O3S/c1-4-20(3,18)16-13(17)11-7-5-10(6-8-11)12-14-9(2)19-15-12/h5-8H,4H2,1-3H3. The predicted molar refractivity (Wildman–Crippen MR) is 75.8 cm³/mol. The van der Waals surface area contributed by atoms with Crippen LogP contribution in [0.1, 0.15) is 23.2 Å². The minimum Gasteiger partial charge on any atom is -0.339 e. The number of hydrogen-bond donors (Lipinski definition) is 0. The van der Waals surface area contributed by atoms with Gasteiger partial charge in [0.2, 0.25) is 11.7 Å². The molecule has 0 N–H and O–H groups in total. The molecule has 1 atom stereocenters. The molecule has 0 saturated heterocycles. The summed E-state index contributed by atoms with van der Waals surface area (Å²) in [6.45, 7) is 3.44. The van der Waals surface area contributed by atoms with E-state index in [0.29, 0.717) is 23.0 Å². The fourth-order valence-corrected chi connectivity index (χ4v) is 2.06. The number of hydrogen-bond acceptors (Lipinski definition) is 5. The molecule has 1 aromatic carbocycles. The van der Waals surface area contributed by atoms with E-state index < -0.39 is 15.6 Å². The Bertz CT molecular complexity index is 740. The van der Waals surface area contributed by atoms with Gasteiger partial charge in [-0.3, -0.25) is 4.79 Å². The molecule has 0 radical (unpaired) electrons. The van der Waals surface area contributed by atoms with E-state index in [0.717, 1.165) is 5.56 Å². The molecule has 1 unspecified atom stereocenters. The average molecular weight is 293 g/mol. The van der Waals surface area contributed by atoms with Gasteiger partial charge in [0, 0.05) is 30.1 Å². The first-order valence-electron chi connectivity index (χ1n) is 6.06. The van der Waals surface area contributed by atoms with Gasteiger partial charge in [0.25, 0.3) is 5.91 Å². The second-order valence-corrected chi connectivity index (χ2v) is 7.04. The lowest BCUT2D eigenvalue weighted by Gasteiger charge is -2.00. The van der Waals surface area contributed by atoms with Gasteiger partial charge in [0.15, 0.2) is 0 Å². The number of aryl methyl sites for hydroxylation is 1. The summed E-state index contributed by atoms with van der Waals surface area (Å²) in [7, 11) is -2.44. The van der Waals surface area contributed by atoms with E-state index in [1.54, 1.807) is 38.1 Å². The monoisotopic (exact) mass is 293 g/mol. The van der Waals surface area contributed by atoms with Gasteiger partial charge in [-0.15, -0.1) is 0 Å². The van der Waals surface area contributed by atoms with Crippen molar-refractivity contribution in [2.45, 2.75) is 13.8 Å². The van der Waals surface area contributed by atoms with E-state index in [9.17, 15) is 9.00 Å². The van der Waals surface area contributed by atoms with Gasteiger partial charge in [-0.2, -0.15) is 9.35 Å². The first-order valence-corrected chi connectivity index (χ1v) is 8.15. The molecule has 7 heteroatoms. The fraction of sp³-hybridized carbons (Fsp3) is 0.308. The third-order valence-corrected chi connectivity index (χ3v) is 4.35. The van der Waals surface area contributed by atoms with E-state index in [2.05, 4.69) is 14.5 Å². The van der Waals surface area contributed by atoms with Crippen molar-refractivity contribution in [2.24, 2.45) is 4.36 Å². The topological polar surface area (TPSA) is 85.4 Å². The molecule has 2 rings (SSSR count). The molecule has 0 fully saturated rings. The van der Waals surface area contributed by atoms with Crippen molar-refractivity contribution < 1.29 is 13.5 Å². The van der Waals surface area contributed by atoms with E-state index in [-0.39, 0.29) is 0 Å². The summed E-state index contributed by atoms with van der Waals surface area (Å²) in [4.78, 5) is 16.0. The van der Waals surface area contributed by atoms with Crippen LogP contribution in [0.25, 0.3) is 11.4 Å². The van der Waals surface area contributed by atoms with Crippen LogP contribution in [0.4, 0.5) is 0 Å². The second kappa shape index (κ2) is 5.54. The first kappa shape index (κ1) is 14.4. The van der Waals surface area contributed by atoms with Crippen molar-refractivity contribution >= 4 is 15.6 Å². The van der Waals surface area contributed by atoms with Crippen LogP contribution in [-0.2, 0) is 9.73 Å². The zero-order valence-electron chi connectivity index (χ0n) is 11.5. The molecule has 0 aliphatic heterocycles. The van der Waals surface area contributed by atoms with Crippen molar-refractivity contribution in [3.63, 3.8) is 0 Å². The lowest BCUT2D eigenvalue weighted by Crippen LogP contribution is -2.05. The van der Waals surface area contributed by atoms with E-state index >= 15 is 0 Å². The maximum Gasteiger partial charge on any atom is 0.285 e. The second-order valence-electron chi connectivity index (χ2n) is 4.36. The zero-order valence-corrected chi connectivity index (χ0v) is 12.3. The van der Waals surface area contributed by atoms with Crippen molar-refractivity contribution in [1.29, 1.82) is 0 Å². The van der Waals surface area contributed by atoms with Crippen molar-refractivity contribution in [3.05, 3.63) is 35.7 Å². The molecule has 0 aliphatic rings. The summed E-state index contributed by atoms with van der Waals surface area (Å²) in [6.07, 6.45) is 1.47.